The van der Waals surface area contributed by atoms with Crippen LogP contribution in [0, 0.1) is 13.8 Å². The number of amides is 1. The van der Waals surface area contributed by atoms with Crippen molar-refractivity contribution >= 4 is 40.2 Å². The molecule has 1 saturated heterocycles. The molecule has 0 aromatic carbocycles. The van der Waals surface area contributed by atoms with Crippen LogP contribution in [-0.4, -0.2) is 47.6 Å². The first-order chi connectivity index (χ1) is 13.9. The Morgan fingerprint density at radius 1 is 1.28 bits per heavy atom. The van der Waals surface area contributed by atoms with Crippen LogP contribution in [-0.2, 0) is 16.1 Å². The number of likely N-dealkylation sites (tertiary alicyclic amines) is 1. The Balaban J connectivity index is 1.88. The smallest absolute Gasteiger partial charge is 0.350 e. The number of thiophene rings is 1. The summed E-state index contributed by atoms with van der Waals surface area (Å²) in [5.74, 6) is -0.421. The SMILES string of the molecule is CCC(C(=O)Nc1c(C)csc1C(=O)OC)[N+]1(Cc2cnc(C)s2)CCCCC1. The molecule has 3 rings (SSSR count). The highest BCUT2D eigenvalue weighted by atomic mass is 32.1. The summed E-state index contributed by atoms with van der Waals surface area (Å²) in [5, 5.41) is 6.02. The summed E-state index contributed by atoms with van der Waals surface area (Å²) < 4.78 is 5.65. The summed E-state index contributed by atoms with van der Waals surface area (Å²) >= 11 is 3.03. The largest absolute Gasteiger partial charge is 0.465 e. The molecule has 8 heteroatoms. The number of methoxy groups -OCH3 is 1. The van der Waals surface area contributed by atoms with Crippen LogP contribution in [0.3, 0.4) is 0 Å². The molecule has 6 nitrogen and oxygen atoms in total. The second-order valence-electron chi connectivity index (χ2n) is 7.76. The minimum Gasteiger partial charge on any atom is -0.465 e. The summed E-state index contributed by atoms with van der Waals surface area (Å²) in [6.07, 6.45) is 6.19. The van der Waals surface area contributed by atoms with Crippen LogP contribution >= 0.6 is 22.7 Å². The summed E-state index contributed by atoms with van der Waals surface area (Å²) in [6.45, 7) is 8.84. The number of esters is 1. The first kappa shape index (κ1) is 21.9. The van der Waals surface area contributed by atoms with Crippen molar-refractivity contribution in [2.24, 2.45) is 0 Å². The van der Waals surface area contributed by atoms with Crippen molar-refractivity contribution in [3.63, 3.8) is 0 Å². The number of hydrogen-bond donors (Lipinski definition) is 1. The molecule has 0 spiro atoms. The molecule has 0 saturated carbocycles. The zero-order chi connectivity index (χ0) is 21.0. The minimum atomic E-state index is -0.409. The van der Waals surface area contributed by atoms with Gasteiger partial charge in [0.15, 0.2) is 6.04 Å². The fourth-order valence-corrected chi connectivity index (χ4v) is 6.21. The van der Waals surface area contributed by atoms with E-state index in [1.807, 2.05) is 25.4 Å². The number of thiazole rings is 1. The van der Waals surface area contributed by atoms with Crippen LogP contribution in [0.4, 0.5) is 5.69 Å². The lowest BCUT2D eigenvalue weighted by Crippen LogP contribution is -2.61. The van der Waals surface area contributed by atoms with Gasteiger partial charge >= 0.3 is 5.97 Å². The molecule has 1 N–H and O–H groups in total. The predicted molar refractivity (Wildman–Crippen MR) is 118 cm³/mol. The number of anilines is 1. The topological polar surface area (TPSA) is 68.3 Å². The van der Waals surface area contributed by atoms with Crippen molar-refractivity contribution in [3.8, 4) is 0 Å². The molecule has 158 valence electrons. The van der Waals surface area contributed by atoms with Gasteiger partial charge in [-0.2, -0.15) is 0 Å². The molecule has 3 heterocycles. The minimum absolute atomic E-state index is 0.0118. The highest BCUT2D eigenvalue weighted by molar-refractivity contribution is 7.12. The molecule has 1 aliphatic rings. The molecule has 29 heavy (non-hydrogen) atoms. The number of quaternary nitrogens is 1. The Hall–Kier alpha value is -1.77. The van der Waals surface area contributed by atoms with E-state index in [0.717, 1.165) is 54.0 Å². The second-order valence-corrected chi connectivity index (χ2v) is 9.96. The van der Waals surface area contributed by atoms with E-state index in [4.69, 9.17) is 4.74 Å². The molecule has 1 fully saturated rings. The normalized spacial score (nSPS) is 17.0. The fourth-order valence-electron chi connectivity index (χ4n) is 4.38. The molecule has 1 atom stereocenters. The zero-order valence-corrected chi connectivity index (χ0v) is 19.3. The van der Waals surface area contributed by atoms with E-state index in [9.17, 15) is 9.59 Å². The number of rotatable bonds is 7. The Morgan fingerprint density at radius 3 is 2.59 bits per heavy atom. The number of aryl methyl sites for hydroxylation is 2. The van der Waals surface area contributed by atoms with Gasteiger partial charge in [-0.25, -0.2) is 9.78 Å². The highest BCUT2D eigenvalue weighted by Crippen LogP contribution is 2.33. The van der Waals surface area contributed by atoms with Crippen molar-refractivity contribution < 1.29 is 18.8 Å². The highest BCUT2D eigenvalue weighted by Gasteiger charge is 2.42. The van der Waals surface area contributed by atoms with Gasteiger partial charge in [0, 0.05) is 12.6 Å². The summed E-state index contributed by atoms with van der Waals surface area (Å²) in [7, 11) is 1.36. The van der Waals surface area contributed by atoms with E-state index >= 15 is 0 Å². The maximum Gasteiger partial charge on any atom is 0.350 e. The van der Waals surface area contributed by atoms with Crippen LogP contribution in [0.25, 0.3) is 0 Å². The van der Waals surface area contributed by atoms with Gasteiger partial charge in [-0.05, 0) is 44.1 Å². The van der Waals surface area contributed by atoms with Crippen molar-refractivity contribution in [1.29, 1.82) is 0 Å². The molecule has 2 aromatic heterocycles. The third-order valence-corrected chi connectivity index (χ3v) is 7.77. The lowest BCUT2D eigenvalue weighted by Gasteiger charge is -2.46. The van der Waals surface area contributed by atoms with E-state index in [1.165, 1.54) is 29.7 Å². The van der Waals surface area contributed by atoms with E-state index < -0.39 is 5.97 Å². The number of nitrogens with one attached hydrogen (secondary N) is 1. The number of carbonyl (C=O) groups excluding carboxylic acids is 2. The zero-order valence-electron chi connectivity index (χ0n) is 17.6. The van der Waals surface area contributed by atoms with Gasteiger partial charge in [-0.3, -0.25) is 4.79 Å². The van der Waals surface area contributed by atoms with Gasteiger partial charge < -0.3 is 14.5 Å². The monoisotopic (exact) mass is 436 g/mol. The molecule has 1 amide bonds. The van der Waals surface area contributed by atoms with Crippen molar-refractivity contribution in [3.05, 3.63) is 31.9 Å². The van der Waals surface area contributed by atoms with Crippen LogP contribution < -0.4 is 5.32 Å². The maximum atomic E-state index is 13.5. The van der Waals surface area contributed by atoms with E-state index in [0.29, 0.717) is 10.6 Å². The van der Waals surface area contributed by atoms with Gasteiger partial charge in [0.2, 0.25) is 0 Å². The van der Waals surface area contributed by atoms with Gasteiger partial charge in [-0.15, -0.1) is 22.7 Å². The molecule has 1 unspecified atom stereocenters. The molecule has 0 radical (unpaired) electrons. The number of hydrogen-bond acceptors (Lipinski definition) is 6. The van der Waals surface area contributed by atoms with Gasteiger partial charge in [0.05, 0.1) is 35.8 Å². The second kappa shape index (κ2) is 9.36. The van der Waals surface area contributed by atoms with Crippen LogP contribution in [0.5, 0.6) is 0 Å². The molecular weight excluding hydrogens is 406 g/mol. The molecule has 1 aliphatic heterocycles. The maximum absolute atomic E-state index is 13.5. The van der Waals surface area contributed by atoms with E-state index in [-0.39, 0.29) is 11.9 Å². The standard InChI is InChI=1S/C21H29N3O3S2/c1-5-17(20(25)23-18-14(2)13-28-19(18)21(26)27-4)24(9-7-6-8-10-24)12-16-11-22-15(3)29-16/h11,13,17H,5-10,12H2,1-4H3/p+1. The first-order valence-electron chi connectivity index (χ1n) is 10.1. The Kier molecular flexibility index (Phi) is 7.08. The third-order valence-electron chi connectivity index (χ3n) is 5.79. The van der Waals surface area contributed by atoms with Crippen molar-refractivity contribution in [2.45, 2.75) is 59.0 Å². The van der Waals surface area contributed by atoms with Crippen LogP contribution in [0.1, 0.15) is 57.7 Å². The quantitative estimate of drug-likeness (QED) is 0.512. The first-order valence-corrected chi connectivity index (χ1v) is 11.8. The van der Waals surface area contributed by atoms with Gasteiger partial charge in [-0.1, -0.05) is 6.92 Å². The lowest BCUT2D eigenvalue weighted by atomic mass is 10.00. The summed E-state index contributed by atoms with van der Waals surface area (Å²) in [4.78, 5) is 31.7. The third kappa shape index (κ3) is 4.70. The van der Waals surface area contributed by atoms with Gasteiger partial charge in [0.1, 0.15) is 11.4 Å². The Bertz CT molecular complexity index is 868. The number of ether oxygens (including phenoxy) is 1. The molecule has 2 aromatic rings. The summed E-state index contributed by atoms with van der Waals surface area (Å²) in [6, 6.07) is -0.164. The van der Waals surface area contributed by atoms with Crippen molar-refractivity contribution in [1.82, 2.24) is 4.98 Å². The average molecular weight is 437 g/mol. The van der Waals surface area contributed by atoms with Crippen molar-refractivity contribution in [2.75, 3.05) is 25.5 Å². The van der Waals surface area contributed by atoms with E-state index in [2.05, 4.69) is 17.2 Å². The van der Waals surface area contributed by atoms with Crippen LogP contribution in [0.15, 0.2) is 11.6 Å². The fraction of sp³-hybridized carbons (Fsp3) is 0.571. The lowest BCUT2D eigenvalue weighted by molar-refractivity contribution is -0.959. The molecule has 0 bridgehead atoms. The number of piperidine rings is 1. The van der Waals surface area contributed by atoms with E-state index in [1.54, 1.807) is 11.3 Å². The Labute approximate surface area is 180 Å². The average Bonchev–Trinajstić information content (AvgIpc) is 3.28. The molecule has 0 aliphatic carbocycles. The number of carbonyl (C=O) groups is 2. The molecular formula is C21H30N3O3S2+. The van der Waals surface area contributed by atoms with Crippen LogP contribution in [0.2, 0.25) is 0 Å². The Morgan fingerprint density at radius 2 is 2.00 bits per heavy atom. The predicted octanol–water partition coefficient (Wildman–Crippen LogP) is 4.53. The number of nitrogens with zero attached hydrogens (tertiary/aromatic N) is 2. The summed E-state index contributed by atoms with van der Waals surface area (Å²) in [5.41, 5.74) is 1.48. The number of aromatic nitrogens is 1. The van der Waals surface area contributed by atoms with Gasteiger partial charge in [0.25, 0.3) is 5.91 Å².